The maximum absolute atomic E-state index is 11.9. The van der Waals surface area contributed by atoms with Gasteiger partial charge in [0.2, 0.25) is 5.91 Å². The number of hydrogen-bond acceptors (Lipinski definition) is 4. The minimum Gasteiger partial charge on any atom is -0.491 e. The van der Waals surface area contributed by atoms with E-state index in [1.165, 1.54) is 6.92 Å². The van der Waals surface area contributed by atoms with Crippen molar-refractivity contribution in [2.45, 2.75) is 13.8 Å². The van der Waals surface area contributed by atoms with E-state index in [9.17, 15) is 9.59 Å². The number of carboxylic acid groups (broad SMARTS) is 1. The van der Waals surface area contributed by atoms with E-state index in [0.29, 0.717) is 24.7 Å². The van der Waals surface area contributed by atoms with E-state index in [4.69, 9.17) is 14.6 Å². The predicted octanol–water partition coefficient (Wildman–Crippen LogP) is 2.01. The molecule has 21 heavy (non-hydrogen) atoms. The third-order valence-electron chi connectivity index (χ3n) is 3.23. The quantitative estimate of drug-likeness (QED) is 0.717. The van der Waals surface area contributed by atoms with Crippen LogP contribution < -0.4 is 10.1 Å². The molecule has 0 spiro atoms. The smallest absolute Gasteiger partial charge is 0.307 e. The zero-order valence-electron chi connectivity index (χ0n) is 12.5. The molecule has 0 fully saturated rings. The number of carbonyl (C=O) groups excluding carboxylic acids is 1. The predicted molar refractivity (Wildman–Crippen MR) is 78.4 cm³/mol. The van der Waals surface area contributed by atoms with Gasteiger partial charge in [-0.25, -0.2) is 0 Å². The van der Waals surface area contributed by atoms with E-state index in [0.717, 1.165) is 0 Å². The number of carbonyl (C=O) groups is 2. The zero-order chi connectivity index (χ0) is 15.8. The lowest BCUT2D eigenvalue weighted by molar-refractivity contribution is -0.145. The third kappa shape index (κ3) is 5.43. The van der Waals surface area contributed by atoms with Crippen LogP contribution in [0.1, 0.15) is 13.8 Å². The molecule has 0 aliphatic heterocycles. The van der Waals surface area contributed by atoms with E-state index in [1.54, 1.807) is 38.3 Å². The summed E-state index contributed by atoms with van der Waals surface area (Å²) >= 11 is 0. The first kappa shape index (κ1) is 17.0. The van der Waals surface area contributed by atoms with E-state index in [1.807, 2.05) is 0 Å². The molecule has 116 valence electrons. The van der Waals surface area contributed by atoms with Gasteiger partial charge in [0, 0.05) is 18.7 Å². The summed E-state index contributed by atoms with van der Waals surface area (Å²) in [5.74, 6) is -1.98. The van der Waals surface area contributed by atoms with Crippen molar-refractivity contribution in [3.05, 3.63) is 24.3 Å². The lowest BCUT2D eigenvalue weighted by Crippen LogP contribution is -2.29. The molecule has 0 saturated heterocycles. The number of methoxy groups -OCH3 is 1. The van der Waals surface area contributed by atoms with Crippen molar-refractivity contribution < 1.29 is 24.2 Å². The van der Waals surface area contributed by atoms with Crippen molar-refractivity contribution in [3.8, 4) is 5.75 Å². The van der Waals surface area contributed by atoms with Gasteiger partial charge in [-0.1, -0.05) is 13.8 Å². The van der Waals surface area contributed by atoms with Crippen LogP contribution >= 0.6 is 0 Å². The van der Waals surface area contributed by atoms with Crippen molar-refractivity contribution in [1.82, 2.24) is 0 Å². The van der Waals surface area contributed by atoms with E-state index in [2.05, 4.69) is 5.32 Å². The van der Waals surface area contributed by atoms with E-state index in [-0.39, 0.29) is 5.91 Å². The van der Waals surface area contributed by atoms with Crippen LogP contribution in [0.25, 0.3) is 0 Å². The maximum atomic E-state index is 11.9. The molecule has 0 bridgehead atoms. The van der Waals surface area contributed by atoms with Crippen LogP contribution in [-0.2, 0) is 14.3 Å². The topological polar surface area (TPSA) is 84.9 Å². The Hall–Kier alpha value is -2.08. The molecule has 0 saturated carbocycles. The Morgan fingerprint density at radius 3 is 2.29 bits per heavy atom. The monoisotopic (exact) mass is 295 g/mol. The highest BCUT2D eigenvalue weighted by Crippen LogP contribution is 2.18. The number of hydrogen-bond donors (Lipinski definition) is 2. The molecule has 0 heterocycles. The standard InChI is InChI=1S/C15H21NO5/c1-10(11(2)15(18)19)14(17)16-12-4-6-13(7-5-12)21-9-8-20-3/h4-7,10-11H,8-9H2,1-3H3,(H,16,17)(H,18,19). The molecule has 1 amide bonds. The van der Waals surface area contributed by atoms with Gasteiger partial charge in [-0.15, -0.1) is 0 Å². The average Bonchev–Trinajstić information content (AvgIpc) is 2.47. The van der Waals surface area contributed by atoms with Crippen molar-refractivity contribution >= 4 is 17.6 Å². The summed E-state index contributed by atoms with van der Waals surface area (Å²) in [7, 11) is 1.60. The fourth-order valence-corrected chi connectivity index (χ4v) is 1.57. The Kier molecular flexibility index (Phi) is 6.68. The number of aliphatic carboxylic acids is 1. The summed E-state index contributed by atoms with van der Waals surface area (Å²) in [4.78, 5) is 22.8. The van der Waals surface area contributed by atoms with Crippen LogP contribution in [0.15, 0.2) is 24.3 Å². The summed E-state index contributed by atoms with van der Waals surface area (Å²) in [5.41, 5.74) is 0.600. The molecule has 0 aliphatic carbocycles. The van der Waals surface area contributed by atoms with Gasteiger partial charge < -0.3 is 19.9 Å². The van der Waals surface area contributed by atoms with Gasteiger partial charge in [-0.05, 0) is 24.3 Å². The Bertz CT molecular complexity index is 471. The minimum atomic E-state index is -0.987. The molecule has 2 atom stereocenters. The van der Waals surface area contributed by atoms with Crippen molar-refractivity contribution in [2.24, 2.45) is 11.8 Å². The maximum Gasteiger partial charge on any atom is 0.307 e. The summed E-state index contributed by atoms with van der Waals surface area (Å²) in [5, 5.41) is 11.6. The van der Waals surface area contributed by atoms with Crippen LogP contribution in [0.5, 0.6) is 5.75 Å². The van der Waals surface area contributed by atoms with Crippen LogP contribution in [0, 0.1) is 11.8 Å². The van der Waals surface area contributed by atoms with Crippen molar-refractivity contribution in [2.75, 3.05) is 25.6 Å². The van der Waals surface area contributed by atoms with E-state index < -0.39 is 17.8 Å². The number of anilines is 1. The van der Waals surface area contributed by atoms with Gasteiger partial charge >= 0.3 is 5.97 Å². The van der Waals surface area contributed by atoms with E-state index >= 15 is 0 Å². The van der Waals surface area contributed by atoms with Crippen LogP contribution in [-0.4, -0.2) is 37.3 Å². The second kappa shape index (κ2) is 8.26. The lowest BCUT2D eigenvalue weighted by Gasteiger charge is -2.16. The first-order valence-corrected chi connectivity index (χ1v) is 6.71. The largest absolute Gasteiger partial charge is 0.491 e. The molecule has 2 N–H and O–H groups in total. The summed E-state index contributed by atoms with van der Waals surface area (Å²) in [6.07, 6.45) is 0. The van der Waals surface area contributed by atoms with Gasteiger partial charge in [-0.2, -0.15) is 0 Å². The molecule has 0 radical (unpaired) electrons. The highest BCUT2D eigenvalue weighted by atomic mass is 16.5. The van der Waals surface area contributed by atoms with Gasteiger partial charge in [0.05, 0.1) is 12.5 Å². The number of amides is 1. The van der Waals surface area contributed by atoms with Gasteiger partial charge in [0.25, 0.3) is 0 Å². The third-order valence-corrected chi connectivity index (χ3v) is 3.23. The first-order valence-electron chi connectivity index (χ1n) is 6.71. The normalized spacial score (nSPS) is 13.3. The highest BCUT2D eigenvalue weighted by molar-refractivity contribution is 5.94. The second-order valence-electron chi connectivity index (χ2n) is 4.77. The molecular weight excluding hydrogens is 274 g/mol. The molecule has 1 aromatic carbocycles. The fraction of sp³-hybridized carbons (Fsp3) is 0.467. The minimum absolute atomic E-state index is 0.321. The summed E-state index contributed by atoms with van der Waals surface area (Å²) < 4.78 is 10.3. The van der Waals surface area contributed by atoms with Crippen LogP contribution in [0.3, 0.4) is 0 Å². The molecule has 1 aromatic rings. The van der Waals surface area contributed by atoms with Gasteiger partial charge in [0.15, 0.2) is 0 Å². The molecule has 1 rings (SSSR count). The Balaban J connectivity index is 2.55. The average molecular weight is 295 g/mol. The summed E-state index contributed by atoms with van der Waals surface area (Å²) in [6, 6.07) is 6.88. The van der Waals surface area contributed by atoms with Gasteiger partial charge in [0.1, 0.15) is 12.4 Å². The van der Waals surface area contributed by atoms with Crippen LogP contribution in [0.4, 0.5) is 5.69 Å². The summed E-state index contributed by atoms with van der Waals surface area (Å²) in [6.45, 7) is 4.06. The molecule has 6 nitrogen and oxygen atoms in total. The molecule has 0 aliphatic rings. The fourth-order valence-electron chi connectivity index (χ4n) is 1.57. The van der Waals surface area contributed by atoms with Gasteiger partial charge in [-0.3, -0.25) is 9.59 Å². The van der Waals surface area contributed by atoms with Crippen molar-refractivity contribution in [3.63, 3.8) is 0 Å². The number of benzene rings is 1. The Morgan fingerprint density at radius 2 is 1.76 bits per heavy atom. The molecule has 6 heteroatoms. The molecular formula is C15H21NO5. The number of rotatable bonds is 8. The van der Waals surface area contributed by atoms with Crippen molar-refractivity contribution in [1.29, 1.82) is 0 Å². The molecule has 2 unspecified atom stereocenters. The SMILES string of the molecule is COCCOc1ccc(NC(=O)C(C)C(C)C(=O)O)cc1. The first-order chi connectivity index (χ1) is 9.95. The zero-order valence-corrected chi connectivity index (χ0v) is 12.5. The Labute approximate surface area is 124 Å². The molecule has 0 aromatic heterocycles. The lowest BCUT2D eigenvalue weighted by atomic mass is 9.95. The number of carboxylic acids is 1. The highest BCUT2D eigenvalue weighted by Gasteiger charge is 2.25. The second-order valence-corrected chi connectivity index (χ2v) is 4.77. The Morgan fingerprint density at radius 1 is 1.14 bits per heavy atom. The van der Waals surface area contributed by atoms with Crippen LogP contribution in [0.2, 0.25) is 0 Å². The number of nitrogens with one attached hydrogen (secondary N) is 1. The number of ether oxygens (including phenoxy) is 2.